The molecular formula is C29H36N6O7. The third-order valence-electron chi connectivity index (χ3n) is 6.72. The number of primary amides is 1. The Bertz CT molecular complexity index is 1410. The van der Waals surface area contributed by atoms with Crippen LogP contribution in [0.2, 0.25) is 0 Å². The number of carbonyl (C=O) groups excluding carboxylic acids is 4. The van der Waals surface area contributed by atoms with Crippen molar-refractivity contribution in [2.24, 2.45) is 11.5 Å². The van der Waals surface area contributed by atoms with E-state index in [1.807, 2.05) is 24.3 Å². The Hall–Kier alpha value is -4.75. The maximum absolute atomic E-state index is 13.2. The highest BCUT2D eigenvalue weighted by atomic mass is 16.4. The fourth-order valence-electron chi connectivity index (χ4n) is 4.44. The first-order valence-corrected chi connectivity index (χ1v) is 13.4. The van der Waals surface area contributed by atoms with Crippen molar-refractivity contribution in [2.75, 3.05) is 0 Å². The Morgan fingerprint density at radius 3 is 2.14 bits per heavy atom. The van der Waals surface area contributed by atoms with Crippen molar-refractivity contribution in [1.29, 1.82) is 0 Å². The molecule has 13 heteroatoms. The first kappa shape index (κ1) is 31.8. The molecule has 5 unspecified atom stereocenters. The van der Waals surface area contributed by atoms with Crippen molar-refractivity contribution in [3.05, 3.63) is 71.9 Å². The standard InChI is InChI=1S/C29H36N6O7/c1-16(36)25(35-26(38)20(30)13-17-7-3-2-4-8-17)28(40)33-22(11-12-24(31)37)27(39)34-23(29(41)42)14-18-15-32-21-10-6-5-9-19(18)21/h2-10,15-16,20,22-23,25,32,36H,11-14,30H2,1H3,(H2,31,37)(H,33,40)(H,34,39)(H,35,38)(H,41,42). The molecule has 5 atom stereocenters. The number of carboxylic acids is 1. The fourth-order valence-corrected chi connectivity index (χ4v) is 4.44. The van der Waals surface area contributed by atoms with Gasteiger partial charge in [-0.25, -0.2) is 4.79 Å². The zero-order valence-electron chi connectivity index (χ0n) is 23.1. The molecule has 0 aliphatic heterocycles. The van der Waals surface area contributed by atoms with Gasteiger partial charge in [-0.3, -0.25) is 19.2 Å². The summed E-state index contributed by atoms with van der Waals surface area (Å²) < 4.78 is 0. The van der Waals surface area contributed by atoms with E-state index in [9.17, 15) is 34.2 Å². The summed E-state index contributed by atoms with van der Waals surface area (Å²) in [5.74, 6) is -4.58. The van der Waals surface area contributed by atoms with Crippen LogP contribution in [0.1, 0.15) is 30.9 Å². The molecule has 0 fully saturated rings. The molecule has 1 heterocycles. The van der Waals surface area contributed by atoms with Gasteiger partial charge in [0.05, 0.1) is 12.1 Å². The maximum atomic E-state index is 13.2. The number of carboxylic acid groups (broad SMARTS) is 1. The molecule has 4 amide bonds. The van der Waals surface area contributed by atoms with Crippen molar-refractivity contribution < 1.29 is 34.2 Å². The molecule has 1 aromatic heterocycles. The minimum absolute atomic E-state index is 0.0623. The Morgan fingerprint density at radius 2 is 1.50 bits per heavy atom. The number of para-hydroxylation sites is 1. The number of amides is 4. The molecule has 0 saturated heterocycles. The number of rotatable bonds is 15. The van der Waals surface area contributed by atoms with Crippen LogP contribution in [0.3, 0.4) is 0 Å². The van der Waals surface area contributed by atoms with E-state index in [4.69, 9.17) is 11.5 Å². The van der Waals surface area contributed by atoms with Crippen molar-refractivity contribution in [3.8, 4) is 0 Å². The molecule has 10 N–H and O–H groups in total. The number of hydrogen-bond acceptors (Lipinski definition) is 7. The minimum Gasteiger partial charge on any atom is -0.480 e. The smallest absolute Gasteiger partial charge is 0.326 e. The lowest BCUT2D eigenvalue weighted by Crippen LogP contribution is -2.60. The number of aromatic amines is 1. The van der Waals surface area contributed by atoms with Gasteiger partial charge in [-0.2, -0.15) is 0 Å². The number of H-pyrrole nitrogens is 1. The molecule has 0 aliphatic carbocycles. The van der Waals surface area contributed by atoms with Gasteiger partial charge in [0.2, 0.25) is 23.6 Å². The minimum atomic E-state index is -1.50. The van der Waals surface area contributed by atoms with Gasteiger partial charge in [0.15, 0.2) is 0 Å². The molecule has 0 bridgehead atoms. The molecule has 0 aliphatic rings. The maximum Gasteiger partial charge on any atom is 0.326 e. The Kier molecular flexibility index (Phi) is 11.2. The number of aliphatic carboxylic acids is 1. The van der Waals surface area contributed by atoms with E-state index in [1.165, 1.54) is 6.92 Å². The first-order valence-electron chi connectivity index (χ1n) is 13.4. The van der Waals surface area contributed by atoms with Gasteiger partial charge < -0.3 is 42.6 Å². The van der Waals surface area contributed by atoms with Gasteiger partial charge in [-0.1, -0.05) is 48.5 Å². The molecule has 2 aromatic carbocycles. The molecular weight excluding hydrogens is 544 g/mol. The van der Waals surface area contributed by atoms with Crippen LogP contribution in [0.15, 0.2) is 60.8 Å². The Morgan fingerprint density at radius 1 is 0.857 bits per heavy atom. The van der Waals surface area contributed by atoms with Crippen molar-refractivity contribution in [2.45, 2.75) is 62.9 Å². The van der Waals surface area contributed by atoms with Crippen LogP contribution >= 0.6 is 0 Å². The lowest BCUT2D eigenvalue weighted by molar-refractivity contribution is -0.142. The first-order chi connectivity index (χ1) is 20.0. The number of hydrogen-bond donors (Lipinski definition) is 8. The molecule has 0 spiro atoms. The second kappa shape index (κ2) is 14.8. The third kappa shape index (κ3) is 8.88. The summed E-state index contributed by atoms with van der Waals surface area (Å²) in [7, 11) is 0. The highest BCUT2D eigenvalue weighted by Gasteiger charge is 2.33. The summed E-state index contributed by atoms with van der Waals surface area (Å²) in [6, 6.07) is 10.9. The average molecular weight is 581 g/mol. The van der Waals surface area contributed by atoms with Crippen molar-refractivity contribution in [1.82, 2.24) is 20.9 Å². The summed E-state index contributed by atoms with van der Waals surface area (Å²) >= 11 is 0. The van der Waals surface area contributed by atoms with Crippen LogP contribution in [-0.4, -0.2) is 75.1 Å². The lowest BCUT2D eigenvalue weighted by Gasteiger charge is -2.26. The van der Waals surface area contributed by atoms with Gasteiger partial charge in [0, 0.05) is 29.9 Å². The van der Waals surface area contributed by atoms with E-state index in [2.05, 4.69) is 20.9 Å². The van der Waals surface area contributed by atoms with E-state index < -0.39 is 59.9 Å². The van der Waals surface area contributed by atoms with Crippen LogP contribution in [0.5, 0.6) is 0 Å². The van der Waals surface area contributed by atoms with Gasteiger partial charge in [0.25, 0.3) is 0 Å². The highest BCUT2D eigenvalue weighted by Crippen LogP contribution is 2.19. The summed E-state index contributed by atoms with van der Waals surface area (Å²) in [5.41, 5.74) is 13.5. The van der Waals surface area contributed by atoms with Gasteiger partial charge in [-0.15, -0.1) is 0 Å². The van der Waals surface area contributed by atoms with E-state index in [-0.39, 0.29) is 25.7 Å². The van der Waals surface area contributed by atoms with Gasteiger partial charge in [-0.05, 0) is 37.0 Å². The molecule has 0 radical (unpaired) electrons. The van der Waals surface area contributed by atoms with Crippen LogP contribution in [0, 0.1) is 0 Å². The van der Waals surface area contributed by atoms with Crippen LogP contribution in [0.25, 0.3) is 10.9 Å². The number of aromatic nitrogens is 1. The summed E-state index contributed by atoms with van der Waals surface area (Å²) in [4.78, 5) is 65.6. The second-order valence-corrected chi connectivity index (χ2v) is 10.1. The normalized spacial score (nSPS) is 14.6. The zero-order chi connectivity index (χ0) is 30.8. The number of nitrogens with one attached hydrogen (secondary N) is 4. The van der Waals surface area contributed by atoms with Crippen LogP contribution < -0.4 is 27.4 Å². The number of benzene rings is 2. The largest absolute Gasteiger partial charge is 0.480 e. The van der Waals surface area contributed by atoms with E-state index >= 15 is 0 Å². The number of carbonyl (C=O) groups is 5. The van der Waals surface area contributed by atoms with Gasteiger partial charge in [0.1, 0.15) is 18.1 Å². The SMILES string of the molecule is CC(O)C(NC(=O)C(N)Cc1ccccc1)C(=O)NC(CCC(N)=O)C(=O)NC(Cc1c[nH]c2ccccc12)C(=O)O. The predicted molar refractivity (Wildman–Crippen MR) is 154 cm³/mol. The summed E-state index contributed by atoms with van der Waals surface area (Å²) in [6.45, 7) is 1.27. The zero-order valence-corrected chi connectivity index (χ0v) is 23.1. The number of aliphatic hydroxyl groups excluding tert-OH is 1. The quantitative estimate of drug-likeness (QED) is 0.116. The van der Waals surface area contributed by atoms with E-state index in [1.54, 1.807) is 36.5 Å². The van der Waals surface area contributed by atoms with E-state index in [0.29, 0.717) is 5.56 Å². The molecule has 3 aromatic rings. The molecule has 0 saturated carbocycles. The molecule has 3 rings (SSSR count). The van der Waals surface area contributed by atoms with Crippen LogP contribution in [0.4, 0.5) is 0 Å². The van der Waals surface area contributed by atoms with Crippen molar-refractivity contribution in [3.63, 3.8) is 0 Å². The third-order valence-corrected chi connectivity index (χ3v) is 6.72. The predicted octanol–water partition coefficient (Wildman–Crippen LogP) is -0.534. The van der Waals surface area contributed by atoms with E-state index in [0.717, 1.165) is 16.5 Å². The number of fused-ring (bicyclic) bond motifs is 1. The average Bonchev–Trinajstić information content (AvgIpc) is 3.36. The summed E-state index contributed by atoms with van der Waals surface area (Å²) in [6.07, 6.45) is -0.166. The monoisotopic (exact) mass is 580 g/mol. The number of aliphatic hydroxyl groups is 1. The highest BCUT2D eigenvalue weighted by molar-refractivity contribution is 5.95. The van der Waals surface area contributed by atoms with Gasteiger partial charge >= 0.3 is 5.97 Å². The Labute approximate surface area is 242 Å². The van der Waals surface area contributed by atoms with Crippen molar-refractivity contribution >= 4 is 40.5 Å². The second-order valence-electron chi connectivity index (χ2n) is 10.1. The Balaban J connectivity index is 1.71. The molecule has 42 heavy (non-hydrogen) atoms. The topological polar surface area (TPSA) is 230 Å². The molecule has 13 nitrogen and oxygen atoms in total. The van der Waals surface area contributed by atoms with Crippen LogP contribution in [-0.2, 0) is 36.8 Å². The fraction of sp³-hybridized carbons (Fsp3) is 0.345. The molecule has 224 valence electrons. The lowest BCUT2D eigenvalue weighted by atomic mass is 10.0. The summed E-state index contributed by atoms with van der Waals surface area (Å²) in [5, 5.41) is 28.1. The number of nitrogens with two attached hydrogens (primary N) is 2.